The molecule has 2 aromatic carbocycles. The van der Waals surface area contributed by atoms with Crippen LogP contribution in [-0.2, 0) is 22.6 Å². The second-order valence-corrected chi connectivity index (χ2v) is 7.17. The molecule has 6 heteroatoms. The standard InChI is InChI=1S/C24H31N3O3/c1-3-5-6-9-16-25-23(29)24(30)27-21-11-8-7-10-20(21)22(28)26-17-19-14-12-18(4-2)13-15-19/h7-8,10-15H,3-6,9,16-17H2,1-2H3,(H,25,29)(H,26,28)(H,27,30). The van der Waals surface area contributed by atoms with Gasteiger partial charge < -0.3 is 16.0 Å². The summed E-state index contributed by atoms with van der Waals surface area (Å²) in [6.07, 6.45) is 5.03. The Morgan fingerprint density at radius 2 is 1.47 bits per heavy atom. The molecule has 160 valence electrons. The van der Waals surface area contributed by atoms with E-state index >= 15 is 0 Å². The van der Waals surface area contributed by atoms with Gasteiger partial charge in [0.25, 0.3) is 5.91 Å². The summed E-state index contributed by atoms with van der Waals surface area (Å²) >= 11 is 0. The predicted molar refractivity (Wildman–Crippen MR) is 119 cm³/mol. The summed E-state index contributed by atoms with van der Waals surface area (Å²) in [5.74, 6) is -1.79. The second-order valence-electron chi connectivity index (χ2n) is 7.17. The van der Waals surface area contributed by atoms with E-state index in [0.717, 1.165) is 37.7 Å². The number of rotatable bonds is 10. The van der Waals surface area contributed by atoms with Gasteiger partial charge >= 0.3 is 11.8 Å². The Kier molecular flexibility index (Phi) is 9.58. The van der Waals surface area contributed by atoms with E-state index in [0.29, 0.717) is 24.3 Å². The first kappa shape index (κ1) is 23.1. The van der Waals surface area contributed by atoms with Gasteiger partial charge in [-0.2, -0.15) is 0 Å². The van der Waals surface area contributed by atoms with Crippen LogP contribution in [0.3, 0.4) is 0 Å². The van der Waals surface area contributed by atoms with Gasteiger partial charge in [-0.25, -0.2) is 0 Å². The normalized spacial score (nSPS) is 10.3. The highest BCUT2D eigenvalue weighted by molar-refractivity contribution is 6.40. The minimum atomic E-state index is -0.777. The van der Waals surface area contributed by atoms with Crippen molar-refractivity contribution in [2.75, 3.05) is 11.9 Å². The maximum absolute atomic E-state index is 12.6. The van der Waals surface area contributed by atoms with Gasteiger partial charge in [-0.1, -0.05) is 69.5 Å². The van der Waals surface area contributed by atoms with Gasteiger partial charge in [0.15, 0.2) is 0 Å². The van der Waals surface area contributed by atoms with Gasteiger partial charge in [0.05, 0.1) is 11.3 Å². The molecule has 2 aromatic rings. The Hall–Kier alpha value is -3.15. The van der Waals surface area contributed by atoms with Crippen molar-refractivity contribution in [3.63, 3.8) is 0 Å². The third-order valence-corrected chi connectivity index (χ3v) is 4.83. The molecule has 0 atom stereocenters. The monoisotopic (exact) mass is 409 g/mol. The van der Waals surface area contributed by atoms with Crippen molar-refractivity contribution in [1.82, 2.24) is 10.6 Å². The number of carbonyl (C=O) groups excluding carboxylic acids is 3. The lowest BCUT2D eigenvalue weighted by Gasteiger charge is -2.12. The van der Waals surface area contributed by atoms with E-state index in [1.54, 1.807) is 24.3 Å². The van der Waals surface area contributed by atoms with E-state index in [4.69, 9.17) is 0 Å². The molecule has 0 saturated carbocycles. The fraction of sp³-hybridized carbons (Fsp3) is 0.375. The third-order valence-electron chi connectivity index (χ3n) is 4.83. The van der Waals surface area contributed by atoms with Crippen LogP contribution in [0.1, 0.15) is 61.0 Å². The molecule has 0 aliphatic rings. The number of anilines is 1. The molecule has 3 amide bonds. The first-order valence-electron chi connectivity index (χ1n) is 10.6. The van der Waals surface area contributed by atoms with Crippen molar-refractivity contribution in [3.8, 4) is 0 Å². The van der Waals surface area contributed by atoms with Gasteiger partial charge in [-0.05, 0) is 36.1 Å². The molecule has 6 nitrogen and oxygen atoms in total. The quantitative estimate of drug-likeness (QED) is 0.412. The average Bonchev–Trinajstić information content (AvgIpc) is 2.77. The SMILES string of the molecule is CCCCCCNC(=O)C(=O)Nc1ccccc1C(=O)NCc1ccc(CC)cc1. The van der Waals surface area contributed by atoms with Crippen molar-refractivity contribution in [1.29, 1.82) is 0 Å². The number of benzene rings is 2. The highest BCUT2D eigenvalue weighted by Crippen LogP contribution is 2.15. The molecule has 30 heavy (non-hydrogen) atoms. The van der Waals surface area contributed by atoms with Crippen molar-refractivity contribution in [3.05, 3.63) is 65.2 Å². The summed E-state index contributed by atoms with van der Waals surface area (Å²) in [6.45, 7) is 5.05. The number of nitrogens with one attached hydrogen (secondary N) is 3. The average molecular weight is 410 g/mol. The third kappa shape index (κ3) is 7.35. The fourth-order valence-electron chi connectivity index (χ4n) is 2.97. The maximum atomic E-state index is 12.6. The molecule has 0 aliphatic carbocycles. The van der Waals surface area contributed by atoms with Gasteiger partial charge in [-0.15, -0.1) is 0 Å². The molecular weight excluding hydrogens is 378 g/mol. The predicted octanol–water partition coefficient (Wildman–Crippen LogP) is 3.81. The Morgan fingerprint density at radius 3 is 2.17 bits per heavy atom. The second kappa shape index (κ2) is 12.4. The number of hydrogen-bond acceptors (Lipinski definition) is 3. The number of amides is 3. The largest absolute Gasteiger partial charge is 0.348 e. The smallest absolute Gasteiger partial charge is 0.313 e. The summed E-state index contributed by atoms with van der Waals surface area (Å²) in [7, 11) is 0. The number of unbranched alkanes of at least 4 members (excludes halogenated alkanes) is 3. The lowest BCUT2D eigenvalue weighted by atomic mass is 10.1. The Balaban J connectivity index is 1.91. The van der Waals surface area contributed by atoms with Gasteiger partial charge in [-0.3, -0.25) is 14.4 Å². The minimum Gasteiger partial charge on any atom is -0.348 e. The Labute approximate surface area is 178 Å². The molecule has 0 heterocycles. The van der Waals surface area contributed by atoms with Crippen LogP contribution in [0.25, 0.3) is 0 Å². The van der Waals surface area contributed by atoms with Crippen molar-refractivity contribution in [2.45, 2.75) is 52.5 Å². The van der Waals surface area contributed by atoms with E-state index in [1.165, 1.54) is 5.56 Å². The zero-order valence-corrected chi connectivity index (χ0v) is 17.8. The highest BCUT2D eigenvalue weighted by atomic mass is 16.2. The van der Waals surface area contributed by atoms with Crippen LogP contribution in [0.4, 0.5) is 5.69 Å². The molecule has 0 aliphatic heterocycles. The summed E-state index contributed by atoms with van der Waals surface area (Å²) in [5, 5.41) is 8.02. The molecular formula is C24H31N3O3. The zero-order chi connectivity index (χ0) is 21.8. The van der Waals surface area contributed by atoms with Crippen LogP contribution >= 0.6 is 0 Å². The van der Waals surface area contributed by atoms with E-state index in [2.05, 4.69) is 29.8 Å². The number of para-hydroxylation sites is 1. The van der Waals surface area contributed by atoms with E-state index in [9.17, 15) is 14.4 Å². The van der Waals surface area contributed by atoms with Crippen LogP contribution in [0.2, 0.25) is 0 Å². The fourth-order valence-corrected chi connectivity index (χ4v) is 2.97. The van der Waals surface area contributed by atoms with Crippen LogP contribution < -0.4 is 16.0 Å². The molecule has 0 saturated heterocycles. The number of carbonyl (C=O) groups is 3. The maximum Gasteiger partial charge on any atom is 0.313 e. The van der Waals surface area contributed by atoms with Crippen molar-refractivity contribution in [2.24, 2.45) is 0 Å². The van der Waals surface area contributed by atoms with Crippen LogP contribution in [0.5, 0.6) is 0 Å². The zero-order valence-electron chi connectivity index (χ0n) is 17.8. The van der Waals surface area contributed by atoms with E-state index in [-0.39, 0.29) is 5.91 Å². The summed E-state index contributed by atoms with van der Waals surface area (Å²) < 4.78 is 0. The molecule has 0 spiro atoms. The van der Waals surface area contributed by atoms with Crippen molar-refractivity contribution < 1.29 is 14.4 Å². The molecule has 3 N–H and O–H groups in total. The highest BCUT2D eigenvalue weighted by Gasteiger charge is 2.17. The minimum absolute atomic E-state index is 0.308. The lowest BCUT2D eigenvalue weighted by Crippen LogP contribution is -2.36. The molecule has 0 unspecified atom stereocenters. The lowest BCUT2D eigenvalue weighted by molar-refractivity contribution is -0.136. The Morgan fingerprint density at radius 1 is 0.767 bits per heavy atom. The molecule has 0 aromatic heterocycles. The summed E-state index contributed by atoms with van der Waals surface area (Å²) in [4.78, 5) is 36.8. The van der Waals surface area contributed by atoms with Crippen LogP contribution in [0.15, 0.2) is 48.5 Å². The van der Waals surface area contributed by atoms with E-state index in [1.807, 2.05) is 24.3 Å². The first-order chi connectivity index (χ1) is 14.5. The van der Waals surface area contributed by atoms with Gasteiger partial charge in [0.1, 0.15) is 0 Å². The first-order valence-corrected chi connectivity index (χ1v) is 10.6. The topological polar surface area (TPSA) is 87.3 Å². The van der Waals surface area contributed by atoms with Crippen molar-refractivity contribution >= 4 is 23.4 Å². The Bertz CT molecular complexity index is 847. The molecule has 2 rings (SSSR count). The molecule has 0 fully saturated rings. The number of aryl methyl sites for hydroxylation is 1. The van der Waals surface area contributed by atoms with Crippen LogP contribution in [0, 0.1) is 0 Å². The van der Waals surface area contributed by atoms with E-state index < -0.39 is 11.8 Å². The van der Waals surface area contributed by atoms with Crippen LogP contribution in [-0.4, -0.2) is 24.3 Å². The molecule has 0 bridgehead atoms. The number of hydrogen-bond donors (Lipinski definition) is 3. The molecule has 0 radical (unpaired) electrons. The summed E-state index contributed by atoms with van der Waals surface area (Å²) in [5.41, 5.74) is 2.85. The van der Waals surface area contributed by atoms with Gasteiger partial charge in [0.2, 0.25) is 0 Å². The van der Waals surface area contributed by atoms with Gasteiger partial charge in [0, 0.05) is 13.1 Å². The summed E-state index contributed by atoms with van der Waals surface area (Å²) in [6, 6.07) is 14.7.